The zero-order chi connectivity index (χ0) is 13.3. The molecule has 0 aliphatic carbocycles. The molecular weight excluding hydrogens is 308 g/mol. The van der Waals surface area contributed by atoms with E-state index in [1.54, 1.807) is 0 Å². The molecule has 1 aromatic rings. The highest BCUT2D eigenvalue weighted by atomic mass is 79.9. The van der Waals surface area contributed by atoms with Gasteiger partial charge in [-0.05, 0) is 22.9 Å². The minimum absolute atomic E-state index is 0.617. The summed E-state index contributed by atoms with van der Waals surface area (Å²) in [6.07, 6.45) is 0. The third-order valence-electron chi connectivity index (χ3n) is 2.23. The van der Waals surface area contributed by atoms with Gasteiger partial charge in [0.25, 0.3) is 0 Å². The summed E-state index contributed by atoms with van der Waals surface area (Å²) < 4.78 is 56.1. The van der Waals surface area contributed by atoms with Crippen molar-refractivity contribution in [3.63, 3.8) is 0 Å². The predicted octanol–water partition coefficient (Wildman–Crippen LogP) is 3.28. The Morgan fingerprint density at radius 2 is 1.59 bits per heavy atom. The van der Waals surface area contributed by atoms with Crippen LogP contribution in [-0.4, -0.2) is 13.1 Å². The first-order chi connectivity index (χ1) is 7.82. The molecule has 1 aromatic carbocycles. The van der Waals surface area contributed by atoms with E-state index in [2.05, 4.69) is 20.7 Å². The second-order valence-electron chi connectivity index (χ2n) is 3.23. The molecule has 1 unspecified atom stereocenters. The monoisotopic (exact) mass is 314 g/mol. The van der Waals surface area contributed by atoms with Crippen LogP contribution in [0, 0.1) is 23.3 Å². The zero-order valence-corrected chi connectivity index (χ0v) is 10.4. The number of ether oxygens (including phenoxy) is 1. The van der Waals surface area contributed by atoms with E-state index in [9.17, 15) is 22.4 Å². The van der Waals surface area contributed by atoms with E-state index < -0.39 is 45.2 Å². The Kier molecular flexibility index (Phi) is 4.13. The van der Waals surface area contributed by atoms with Crippen LogP contribution in [0.3, 0.4) is 0 Å². The van der Waals surface area contributed by atoms with Gasteiger partial charge in [0, 0.05) is 5.56 Å². The third kappa shape index (κ3) is 2.29. The first kappa shape index (κ1) is 14.0. The Hall–Kier alpha value is -1.11. The number of hydrogen-bond acceptors (Lipinski definition) is 2. The van der Waals surface area contributed by atoms with Crippen LogP contribution in [-0.2, 0) is 9.53 Å². The van der Waals surface area contributed by atoms with Crippen molar-refractivity contribution in [2.75, 3.05) is 7.11 Å². The maximum atomic E-state index is 13.4. The lowest BCUT2D eigenvalue weighted by Crippen LogP contribution is -2.15. The van der Waals surface area contributed by atoms with Crippen molar-refractivity contribution < 1.29 is 27.1 Å². The zero-order valence-electron chi connectivity index (χ0n) is 8.78. The number of methoxy groups -OCH3 is 1. The topological polar surface area (TPSA) is 26.3 Å². The van der Waals surface area contributed by atoms with E-state index in [1.165, 1.54) is 6.92 Å². The molecule has 0 saturated heterocycles. The third-order valence-corrected chi connectivity index (χ3v) is 3.01. The SMILES string of the molecule is COC(=O)C(C)c1c(F)c(F)c(F)c(F)c1Br. The van der Waals surface area contributed by atoms with Gasteiger partial charge in [0.05, 0.1) is 17.5 Å². The summed E-state index contributed by atoms with van der Waals surface area (Å²) in [5, 5.41) is 0. The Labute approximate surface area is 103 Å². The van der Waals surface area contributed by atoms with E-state index in [4.69, 9.17) is 0 Å². The van der Waals surface area contributed by atoms with Gasteiger partial charge in [-0.2, -0.15) is 0 Å². The van der Waals surface area contributed by atoms with E-state index in [-0.39, 0.29) is 0 Å². The molecule has 2 nitrogen and oxygen atoms in total. The fourth-order valence-corrected chi connectivity index (χ4v) is 1.99. The largest absolute Gasteiger partial charge is 0.469 e. The molecule has 7 heteroatoms. The highest BCUT2D eigenvalue weighted by Gasteiger charge is 2.30. The van der Waals surface area contributed by atoms with Gasteiger partial charge in [-0.1, -0.05) is 0 Å². The maximum absolute atomic E-state index is 13.4. The second-order valence-corrected chi connectivity index (χ2v) is 4.02. The molecule has 0 heterocycles. The van der Waals surface area contributed by atoms with Crippen LogP contribution < -0.4 is 0 Å². The Bertz CT molecular complexity index is 447. The molecule has 0 aliphatic heterocycles. The van der Waals surface area contributed by atoms with Crippen molar-refractivity contribution >= 4 is 21.9 Å². The van der Waals surface area contributed by atoms with Crippen LogP contribution in [0.15, 0.2) is 4.47 Å². The Morgan fingerprint density at radius 1 is 1.12 bits per heavy atom. The minimum Gasteiger partial charge on any atom is -0.469 e. The molecule has 17 heavy (non-hydrogen) atoms. The number of esters is 1. The molecule has 0 radical (unpaired) electrons. The van der Waals surface area contributed by atoms with E-state index in [0.29, 0.717) is 0 Å². The van der Waals surface area contributed by atoms with Crippen molar-refractivity contribution in [3.8, 4) is 0 Å². The smallest absolute Gasteiger partial charge is 0.313 e. The standard InChI is InChI=1S/C10H7BrF4O2/c1-3(10(16)17-2)4-5(11)7(13)9(15)8(14)6(4)12/h3H,1-2H3. The van der Waals surface area contributed by atoms with Gasteiger partial charge >= 0.3 is 5.97 Å². The van der Waals surface area contributed by atoms with Gasteiger partial charge in [-0.3, -0.25) is 4.79 Å². The van der Waals surface area contributed by atoms with Crippen molar-refractivity contribution in [2.24, 2.45) is 0 Å². The Morgan fingerprint density at radius 3 is 2.06 bits per heavy atom. The molecular formula is C10H7BrF4O2. The van der Waals surface area contributed by atoms with Gasteiger partial charge in [-0.25, -0.2) is 17.6 Å². The normalized spacial score (nSPS) is 12.4. The van der Waals surface area contributed by atoms with Crippen LogP contribution in [0.25, 0.3) is 0 Å². The quantitative estimate of drug-likeness (QED) is 0.362. The number of hydrogen-bond donors (Lipinski definition) is 0. The lowest BCUT2D eigenvalue weighted by Gasteiger charge is -2.14. The highest BCUT2D eigenvalue weighted by Crippen LogP contribution is 2.34. The van der Waals surface area contributed by atoms with Gasteiger partial charge in [-0.15, -0.1) is 0 Å². The highest BCUT2D eigenvalue weighted by molar-refractivity contribution is 9.10. The van der Waals surface area contributed by atoms with E-state index in [1.807, 2.05) is 0 Å². The van der Waals surface area contributed by atoms with Gasteiger partial charge < -0.3 is 4.74 Å². The maximum Gasteiger partial charge on any atom is 0.313 e. The summed E-state index contributed by atoms with van der Waals surface area (Å²) in [6.45, 7) is 1.19. The van der Waals surface area contributed by atoms with Crippen LogP contribution in [0.4, 0.5) is 17.6 Å². The number of halogens is 5. The average molecular weight is 315 g/mol. The summed E-state index contributed by atoms with van der Waals surface area (Å²) in [5.74, 6) is -9.26. The first-order valence-electron chi connectivity index (χ1n) is 4.42. The molecule has 0 bridgehead atoms. The van der Waals surface area contributed by atoms with Crippen LogP contribution in [0.5, 0.6) is 0 Å². The first-order valence-corrected chi connectivity index (χ1v) is 5.21. The predicted molar refractivity (Wildman–Crippen MR) is 54.4 cm³/mol. The lowest BCUT2D eigenvalue weighted by molar-refractivity contribution is -0.142. The van der Waals surface area contributed by atoms with Crippen molar-refractivity contribution in [1.29, 1.82) is 0 Å². The molecule has 0 fully saturated rings. The van der Waals surface area contributed by atoms with Crippen LogP contribution >= 0.6 is 15.9 Å². The molecule has 1 rings (SSSR count). The fourth-order valence-electron chi connectivity index (χ4n) is 1.30. The molecule has 0 amide bonds. The minimum atomic E-state index is -1.96. The summed E-state index contributed by atoms with van der Waals surface area (Å²) in [7, 11) is 1.04. The molecule has 0 aromatic heterocycles. The van der Waals surface area contributed by atoms with E-state index in [0.717, 1.165) is 7.11 Å². The summed E-state index contributed by atoms with van der Waals surface area (Å²) in [6, 6.07) is 0. The van der Waals surface area contributed by atoms with E-state index >= 15 is 0 Å². The van der Waals surface area contributed by atoms with Crippen molar-refractivity contribution in [3.05, 3.63) is 33.3 Å². The molecule has 0 saturated carbocycles. The number of benzene rings is 1. The molecule has 1 atom stereocenters. The fraction of sp³-hybridized carbons (Fsp3) is 0.300. The number of rotatable bonds is 2. The molecule has 0 N–H and O–H groups in total. The molecule has 0 spiro atoms. The second kappa shape index (κ2) is 5.03. The molecule has 94 valence electrons. The van der Waals surface area contributed by atoms with Gasteiger partial charge in [0.15, 0.2) is 23.3 Å². The number of carbonyl (C=O) groups excluding carboxylic acids is 1. The summed E-state index contributed by atoms with van der Waals surface area (Å²) in [4.78, 5) is 11.2. The summed E-state index contributed by atoms with van der Waals surface area (Å²) in [5.41, 5.74) is -0.617. The average Bonchev–Trinajstić information content (AvgIpc) is 2.32. The van der Waals surface area contributed by atoms with Gasteiger partial charge in [0.1, 0.15) is 0 Å². The van der Waals surface area contributed by atoms with Crippen LogP contribution in [0.1, 0.15) is 18.4 Å². The summed E-state index contributed by atoms with van der Waals surface area (Å²) >= 11 is 2.58. The van der Waals surface area contributed by atoms with Gasteiger partial charge in [0.2, 0.25) is 0 Å². The van der Waals surface area contributed by atoms with Crippen LogP contribution in [0.2, 0.25) is 0 Å². The van der Waals surface area contributed by atoms with Crippen molar-refractivity contribution in [1.82, 2.24) is 0 Å². The van der Waals surface area contributed by atoms with Crippen molar-refractivity contribution in [2.45, 2.75) is 12.8 Å². The Balaban J connectivity index is 3.49. The lowest BCUT2D eigenvalue weighted by atomic mass is 10.00. The molecule has 0 aliphatic rings. The number of carbonyl (C=O) groups is 1.